The lowest BCUT2D eigenvalue weighted by Crippen LogP contribution is -2.14. The average Bonchev–Trinajstić information content (AvgIpc) is 2.59. The monoisotopic (exact) mass is 341 g/mol. The molecule has 0 aromatic heterocycles. The number of hydrogen-bond acceptors (Lipinski definition) is 3. The third kappa shape index (κ3) is 5.08. The number of anilines is 1. The molecule has 0 atom stereocenters. The number of nitrogens with one attached hydrogen (secondary N) is 1. The van der Waals surface area contributed by atoms with Crippen LogP contribution in [-0.4, -0.2) is 22.1 Å². The van der Waals surface area contributed by atoms with Gasteiger partial charge in [0.1, 0.15) is 5.56 Å². The summed E-state index contributed by atoms with van der Waals surface area (Å²) < 4.78 is 0. The summed E-state index contributed by atoms with van der Waals surface area (Å²) in [6, 6.07) is 12.6. The Labute approximate surface area is 147 Å². The number of carboxylic acids is 1. The fourth-order valence-electron chi connectivity index (χ4n) is 2.65. The first-order chi connectivity index (χ1) is 12.0. The Morgan fingerprint density at radius 2 is 1.76 bits per heavy atom. The Morgan fingerprint density at radius 3 is 2.40 bits per heavy atom. The molecule has 25 heavy (non-hydrogen) atoms. The second-order valence-electron chi connectivity index (χ2n) is 5.97. The van der Waals surface area contributed by atoms with Gasteiger partial charge in [-0.1, -0.05) is 56.2 Å². The molecule has 0 aliphatic heterocycles. The van der Waals surface area contributed by atoms with Crippen LogP contribution in [0.5, 0.6) is 5.75 Å². The van der Waals surface area contributed by atoms with Gasteiger partial charge in [0.25, 0.3) is 0 Å². The average molecular weight is 341 g/mol. The van der Waals surface area contributed by atoms with E-state index in [0.29, 0.717) is 18.4 Å². The Bertz CT molecular complexity index is 741. The van der Waals surface area contributed by atoms with E-state index in [1.54, 1.807) is 6.07 Å². The van der Waals surface area contributed by atoms with Gasteiger partial charge in [-0.2, -0.15) is 0 Å². The van der Waals surface area contributed by atoms with E-state index in [-0.39, 0.29) is 17.2 Å². The van der Waals surface area contributed by atoms with E-state index in [9.17, 15) is 19.8 Å². The van der Waals surface area contributed by atoms with E-state index in [2.05, 4.69) is 12.2 Å². The minimum atomic E-state index is -1.23. The molecule has 3 N–H and O–H groups in total. The zero-order valence-electron chi connectivity index (χ0n) is 14.3. The molecule has 0 aliphatic rings. The van der Waals surface area contributed by atoms with Crippen LogP contribution in [0, 0.1) is 0 Å². The number of amides is 1. The summed E-state index contributed by atoms with van der Waals surface area (Å²) in [6.07, 6.45) is 3.54. The van der Waals surface area contributed by atoms with Crippen LogP contribution in [0.25, 0.3) is 0 Å². The zero-order valence-corrected chi connectivity index (χ0v) is 14.3. The molecule has 0 saturated heterocycles. The summed E-state index contributed by atoms with van der Waals surface area (Å²) in [5, 5.41) is 22.2. The highest BCUT2D eigenvalue weighted by Crippen LogP contribution is 2.33. The summed E-state index contributed by atoms with van der Waals surface area (Å²) in [4.78, 5) is 23.4. The largest absolute Gasteiger partial charge is 0.505 e. The van der Waals surface area contributed by atoms with Crippen LogP contribution in [0.15, 0.2) is 42.5 Å². The van der Waals surface area contributed by atoms with Crippen molar-refractivity contribution in [1.82, 2.24) is 0 Å². The lowest BCUT2D eigenvalue weighted by atomic mass is 10.00. The SMILES string of the molecule is CCCCCC(=O)Nc1c(Cc2ccccc2)ccc(C(=O)O)c1O. The zero-order chi connectivity index (χ0) is 18.2. The smallest absolute Gasteiger partial charge is 0.339 e. The van der Waals surface area contributed by atoms with Gasteiger partial charge in [-0.15, -0.1) is 0 Å². The van der Waals surface area contributed by atoms with E-state index in [0.717, 1.165) is 24.8 Å². The molecule has 132 valence electrons. The molecule has 0 aliphatic carbocycles. The molecular formula is C20H23NO4. The number of aromatic hydroxyl groups is 1. The Kier molecular flexibility index (Phi) is 6.57. The van der Waals surface area contributed by atoms with Crippen molar-refractivity contribution in [2.45, 2.75) is 39.0 Å². The highest BCUT2D eigenvalue weighted by atomic mass is 16.4. The third-order valence-electron chi connectivity index (χ3n) is 4.00. The molecule has 0 spiro atoms. The van der Waals surface area contributed by atoms with Gasteiger partial charge in [0.15, 0.2) is 5.75 Å². The van der Waals surface area contributed by atoms with Crippen molar-refractivity contribution in [2.24, 2.45) is 0 Å². The standard InChI is InChI=1S/C20H23NO4/c1-2-3-5-10-17(22)21-18-15(13-14-8-6-4-7-9-14)11-12-16(19(18)23)20(24)25/h4,6-9,11-12,23H,2-3,5,10,13H2,1H3,(H,21,22)(H,24,25). The van der Waals surface area contributed by atoms with Crippen molar-refractivity contribution in [3.63, 3.8) is 0 Å². The lowest BCUT2D eigenvalue weighted by Gasteiger charge is -2.15. The van der Waals surface area contributed by atoms with Crippen molar-refractivity contribution < 1.29 is 19.8 Å². The molecule has 0 fully saturated rings. The van der Waals surface area contributed by atoms with Crippen LogP contribution in [-0.2, 0) is 11.2 Å². The first-order valence-electron chi connectivity index (χ1n) is 8.44. The molecule has 2 aromatic carbocycles. The van der Waals surface area contributed by atoms with Gasteiger partial charge in [-0.05, 0) is 30.0 Å². The summed E-state index contributed by atoms with van der Waals surface area (Å²) in [5.41, 5.74) is 1.65. The van der Waals surface area contributed by atoms with Crippen molar-refractivity contribution >= 4 is 17.6 Å². The molecule has 0 unspecified atom stereocenters. The second-order valence-corrected chi connectivity index (χ2v) is 5.97. The van der Waals surface area contributed by atoms with Crippen molar-refractivity contribution in [3.05, 3.63) is 59.2 Å². The van der Waals surface area contributed by atoms with Crippen LogP contribution in [0.3, 0.4) is 0 Å². The summed E-state index contributed by atoms with van der Waals surface area (Å²) in [6.45, 7) is 2.05. The highest BCUT2D eigenvalue weighted by molar-refractivity contribution is 5.98. The van der Waals surface area contributed by atoms with Crippen LogP contribution in [0.1, 0.15) is 54.1 Å². The van der Waals surface area contributed by atoms with Crippen LogP contribution < -0.4 is 5.32 Å². The predicted molar refractivity (Wildman–Crippen MR) is 97.1 cm³/mol. The first kappa shape index (κ1) is 18.5. The predicted octanol–water partition coefficient (Wildman–Crippen LogP) is 4.20. The summed E-state index contributed by atoms with van der Waals surface area (Å²) >= 11 is 0. The van der Waals surface area contributed by atoms with E-state index < -0.39 is 11.7 Å². The maximum atomic E-state index is 12.2. The number of unbranched alkanes of at least 4 members (excludes halogenated alkanes) is 2. The minimum absolute atomic E-state index is 0.185. The van der Waals surface area contributed by atoms with Gasteiger partial charge in [-0.25, -0.2) is 4.79 Å². The van der Waals surface area contributed by atoms with E-state index in [1.165, 1.54) is 6.07 Å². The number of aromatic carboxylic acids is 1. The van der Waals surface area contributed by atoms with E-state index >= 15 is 0 Å². The minimum Gasteiger partial charge on any atom is -0.505 e. The maximum absolute atomic E-state index is 12.2. The lowest BCUT2D eigenvalue weighted by molar-refractivity contribution is -0.116. The molecule has 0 radical (unpaired) electrons. The van der Waals surface area contributed by atoms with Gasteiger partial charge >= 0.3 is 5.97 Å². The number of phenols is 1. The van der Waals surface area contributed by atoms with Crippen molar-refractivity contribution in [3.8, 4) is 5.75 Å². The van der Waals surface area contributed by atoms with Crippen LogP contribution in [0.2, 0.25) is 0 Å². The van der Waals surface area contributed by atoms with Gasteiger partial charge in [0, 0.05) is 6.42 Å². The van der Waals surface area contributed by atoms with Crippen LogP contribution in [0.4, 0.5) is 5.69 Å². The molecule has 5 heteroatoms. The van der Waals surface area contributed by atoms with Gasteiger partial charge in [-0.3, -0.25) is 4.79 Å². The molecule has 0 saturated carbocycles. The number of hydrogen-bond donors (Lipinski definition) is 3. The third-order valence-corrected chi connectivity index (χ3v) is 4.00. The van der Waals surface area contributed by atoms with E-state index in [1.807, 2.05) is 30.3 Å². The number of benzene rings is 2. The van der Waals surface area contributed by atoms with Gasteiger partial charge in [0.2, 0.25) is 5.91 Å². The maximum Gasteiger partial charge on any atom is 0.339 e. The molecule has 5 nitrogen and oxygen atoms in total. The first-order valence-corrected chi connectivity index (χ1v) is 8.44. The molecule has 2 aromatic rings. The number of carbonyl (C=O) groups excluding carboxylic acids is 1. The Balaban J connectivity index is 2.30. The number of carbonyl (C=O) groups is 2. The van der Waals surface area contributed by atoms with E-state index in [4.69, 9.17) is 0 Å². The topological polar surface area (TPSA) is 86.6 Å². The number of rotatable bonds is 8. The van der Waals surface area contributed by atoms with Crippen LogP contribution >= 0.6 is 0 Å². The quantitative estimate of drug-likeness (QED) is 0.496. The molecule has 0 heterocycles. The molecule has 0 bridgehead atoms. The highest BCUT2D eigenvalue weighted by Gasteiger charge is 2.19. The molecular weight excluding hydrogens is 318 g/mol. The normalized spacial score (nSPS) is 10.4. The van der Waals surface area contributed by atoms with Crippen molar-refractivity contribution in [1.29, 1.82) is 0 Å². The summed E-state index contributed by atoms with van der Waals surface area (Å²) in [5.74, 6) is -1.85. The molecule has 2 rings (SSSR count). The Hall–Kier alpha value is -2.82. The fourth-order valence-corrected chi connectivity index (χ4v) is 2.65. The van der Waals surface area contributed by atoms with Crippen molar-refractivity contribution in [2.75, 3.05) is 5.32 Å². The summed E-state index contributed by atoms with van der Waals surface area (Å²) in [7, 11) is 0. The second kappa shape index (κ2) is 8.87. The molecule has 1 amide bonds. The Morgan fingerprint density at radius 1 is 1.04 bits per heavy atom. The van der Waals surface area contributed by atoms with Gasteiger partial charge < -0.3 is 15.5 Å². The number of carboxylic acid groups (broad SMARTS) is 1. The fraction of sp³-hybridized carbons (Fsp3) is 0.300. The van der Waals surface area contributed by atoms with Gasteiger partial charge in [0.05, 0.1) is 5.69 Å².